The number of cyclic esters (lactones) is 1. The number of benzene rings is 1. The van der Waals surface area contributed by atoms with E-state index in [4.69, 9.17) is 0 Å². The number of hydrogen-bond acceptors (Lipinski definition) is 5. The summed E-state index contributed by atoms with van der Waals surface area (Å²) < 4.78 is 66.2. The van der Waals surface area contributed by atoms with Crippen molar-refractivity contribution >= 4 is 16.1 Å². The molecule has 98 valence electrons. The maximum atomic E-state index is 12.1. The molecular weight excluding hydrogens is 277 g/mol. The maximum Gasteiger partial charge on any atom is 0.534 e. The van der Waals surface area contributed by atoms with Crippen LogP contribution in [0.25, 0.3) is 0 Å². The van der Waals surface area contributed by atoms with Crippen LogP contribution in [-0.2, 0) is 21.5 Å². The quantitative estimate of drug-likeness (QED) is 0.468. The summed E-state index contributed by atoms with van der Waals surface area (Å²) in [5, 5.41) is 0. The molecule has 1 aromatic rings. The first-order valence-corrected chi connectivity index (χ1v) is 5.92. The van der Waals surface area contributed by atoms with Crippen LogP contribution in [0.5, 0.6) is 5.75 Å². The second-order valence-electron chi connectivity index (χ2n) is 3.38. The van der Waals surface area contributed by atoms with Crippen molar-refractivity contribution in [1.29, 1.82) is 0 Å². The van der Waals surface area contributed by atoms with E-state index in [1.54, 1.807) is 0 Å². The summed E-state index contributed by atoms with van der Waals surface area (Å²) >= 11 is 0. The number of ether oxygens (including phenoxy) is 1. The van der Waals surface area contributed by atoms with Crippen molar-refractivity contribution in [3.63, 3.8) is 0 Å². The van der Waals surface area contributed by atoms with Crippen molar-refractivity contribution in [2.75, 3.05) is 0 Å². The van der Waals surface area contributed by atoms with Gasteiger partial charge in [-0.2, -0.15) is 21.6 Å². The highest BCUT2D eigenvalue weighted by Crippen LogP contribution is 2.29. The highest BCUT2D eigenvalue weighted by Gasteiger charge is 2.48. The molecule has 0 fully saturated rings. The summed E-state index contributed by atoms with van der Waals surface area (Å²) in [7, 11) is -5.71. The molecule has 9 heteroatoms. The second-order valence-corrected chi connectivity index (χ2v) is 4.92. The van der Waals surface area contributed by atoms with Crippen molar-refractivity contribution in [2.45, 2.75) is 12.1 Å². The summed E-state index contributed by atoms with van der Waals surface area (Å²) in [6, 6.07) is 3.12. The van der Waals surface area contributed by atoms with E-state index in [2.05, 4.69) is 8.92 Å². The minimum atomic E-state index is -5.71. The Morgan fingerprint density at radius 2 is 1.94 bits per heavy atom. The number of hydrogen-bond donors (Lipinski definition) is 0. The number of halogens is 3. The highest BCUT2D eigenvalue weighted by atomic mass is 32.2. The summed E-state index contributed by atoms with van der Waals surface area (Å²) in [4.78, 5) is 11.1. The zero-order valence-electron chi connectivity index (χ0n) is 8.52. The van der Waals surface area contributed by atoms with Gasteiger partial charge in [0.25, 0.3) is 0 Å². The van der Waals surface area contributed by atoms with Crippen LogP contribution >= 0.6 is 0 Å². The average molecular weight is 282 g/mol. The standard InChI is InChI=1S/C9H5F3O5S/c10-9(11,12)18(14,15)17-6-1-2-7-5(3-6)4-16-8(7)13/h1-3H,4H2. The Kier molecular flexibility index (Phi) is 2.73. The van der Waals surface area contributed by atoms with Gasteiger partial charge in [0.05, 0.1) is 5.56 Å². The van der Waals surface area contributed by atoms with Crippen molar-refractivity contribution in [1.82, 2.24) is 0 Å². The Hall–Kier alpha value is -1.77. The largest absolute Gasteiger partial charge is 0.534 e. The summed E-state index contributed by atoms with van der Waals surface area (Å²) in [6.45, 7) is -0.128. The van der Waals surface area contributed by atoms with Gasteiger partial charge in [0, 0.05) is 5.56 Å². The van der Waals surface area contributed by atoms with E-state index in [0.29, 0.717) is 0 Å². The van der Waals surface area contributed by atoms with Gasteiger partial charge in [-0.05, 0) is 18.2 Å². The highest BCUT2D eigenvalue weighted by molar-refractivity contribution is 7.87. The number of carbonyl (C=O) groups is 1. The van der Waals surface area contributed by atoms with Crippen molar-refractivity contribution in [3.8, 4) is 5.75 Å². The minimum Gasteiger partial charge on any atom is -0.457 e. The topological polar surface area (TPSA) is 69.7 Å². The molecule has 1 aliphatic heterocycles. The van der Waals surface area contributed by atoms with Gasteiger partial charge in [-0.25, -0.2) is 4.79 Å². The van der Waals surface area contributed by atoms with E-state index in [0.717, 1.165) is 18.2 Å². The molecule has 0 amide bonds. The Balaban J connectivity index is 2.30. The molecule has 0 atom stereocenters. The Bertz CT molecular complexity index is 605. The molecular formula is C9H5F3O5S. The number of carbonyl (C=O) groups excluding carboxylic acids is 1. The molecule has 2 rings (SSSR count). The van der Waals surface area contributed by atoms with Crippen molar-refractivity contribution < 1.29 is 35.3 Å². The smallest absolute Gasteiger partial charge is 0.457 e. The molecule has 1 heterocycles. The first-order valence-electron chi connectivity index (χ1n) is 4.51. The first kappa shape index (κ1) is 12.7. The van der Waals surface area contributed by atoms with E-state index < -0.39 is 27.3 Å². The van der Waals surface area contributed by atoms with Gasteiger partial charge in [-0.3, -0.25) is 0 Å². The molecule has 0 N–H and O–H groups in total. The Labute approximate surface area is 99.2 Å². The van der Waals surface area contributed by atoms with E-state index >= 15 is 0 Å². The van der Waals surface area contributed by atoms with Gasteiger partial charge in [-0.1, -0.05) is 0 Å². The third-order valence-corrected chi connectivity index (χ3v) is 3.12. The maximum absolute atomic E-state index is 12.1. The summed E-state index contributed by atoms with van der Waals surface area (Å²) in [5.74, 6) is -1.14. The molecule has 0 bridgehead atoms. The van der Waals surface area contributed by atoms with E-state index in [-0.39, 0.29) is 17.7 Å². The normalized spacial score (nSPS) is 15.2. The van der Waals surface area contributed by atoms with Gasteiger partial charge < -0.3 is 8.92 Å². The number of esters is 1. The van der Waals surface area contributed by atoms with Crippen LogP contribution in [0.15, 0.2) is 18.2 Å². The van der Waals surface area contributed by atoms with E-state index in [1.807, 2.05) is 0 Å². The number of alkyl halides is 3. The monoisotopic (exact) mass is 282 g/mol. The van der Waals surface area contributed by atoms with Crippen LogP contribution in [0.4, 0.5) is 13.2 Å². The molecule has 0 saturated carbocycles. The fourth-order valence-electron chi connectivity index (χ4n) is 1.34. The Morgan fingerprint density at radius 1 is 1.28 bits per heavy atom. The Morgan fingerprint density at radius 3 is 2.56 bits per heavy atom. The van der Waals surface area contributed by atoms with Crippen LogP contribution in [0.2, 0.25) is 0 Å². The lowest BCUT2D eigenvalue weighted by Crippen LogP contribution is -2.28. The first-order chi connectivity index (χ1) is 8.21. The van der Waals surface area contributed by atoms with Crippen LogP contribution in [0.3, 0.4) is 0 Å². The number of rotatable bonds is 2. The van der Waals surface area contributed by atoms with Gasteiger partial charge in [0.15, 0.2) is 0 Å². The molecule has 0 aliphatic carbocycles. The molecule has 0 unspecified atom stereocenters. The average Bonchev–Trinajstić information content (AvgIpc) is 2.58. The molecule has 0 spiro atoms. The minimum absolute atomic E-state index is 0.128. The van der Waals surface area contributed by atoms with Gasteiger partial charge >= 0.3 is 21.6 Å². The molecule has 18 heavy (non-hydrogen) atoms. The van der Waals surface area contributed by atoms with Crippen LogP contribution < -0.4 is 4.18 Å². The summed E-state index contributed by atoms with van der Waals surface area (Å²) in [6.07, 6.45) is 0. The zero-order valence-corrected chi connectivity index (χ0v) is 9.34. The SMILES string of the molecule is O=C1OCc2cc(OS(=O)(=O)C(F)(F)F)ccc21. The van der Waals surface area contributed by atoms with Crippen molar-refractivity contribution in [2.24, 2.45) is 0 Å². The van der Waals surface area contributed by atoms with Crippen molar-refractivity contribution in [3.05, 3.63) is 29.3 Å². The predicted octanol–water partition coefficient (Wildman–Crippen LogP) is 1.59. The molecule has 0 aromatic heterocycles. The lowest BCUT2D eigenvalue weighted by molar-refractivity contribution is -0.0500. The molecule has 0 saturated heterocycles. The molecule has 5 nitrogen and oxygen atoms in total. The molecule has 1 aromatic carbocycles. The summed E-state index contributed by atoms with van der Waals surface area (Å²) in [5.41, 5.74) is -5.06. The second kappa shape index (κ2) is 3.87. The predicted molar refractivity (Wildman–Crippen MR) is 51.2 cm³/mol. The number of fused-ring (bicyclic) bond motifs is 1. The van der Waals surface area contributed by atoms with Crippen LogP contribution in [0, 0.1) is 0 Å². The van der Waals surface area contributed by atoms with Gasteiger partial charge in [0.1, 0.15) is 12.4 Å². The van der Waals surface area contributed by atoms with E-state index in [9.17, 15) is 26.4 Å². The van der Waals surface area contributed by atoms with Crippen LogP contribution in [0.1, 0.15) is 15.9 Å². The van der Waals surface area contributed by atoms with Gasteiger partial charge in [-0.15, -0.1) is 0 Å². The van der Waals surface area contributed by atoms with E-state index in [1.165, 1.54) is 0 Å². The third-order valence-electron chi connectivity index (χ3n) is 2.14. The lowest BCUT2D eigenvalue weighted by atomic mass is 10.1. The zero-order chi connectivity index (χ0) is 13.6. The molecule has 1 aliphatic rings. The van der Waals surface area contributed by atoms with Gasteiger partial charge in [0.2, 0.25) is 0 Å². The van der Waals surface area contributed by atoms with Crippen LogP contribution in [-0.4, -0.2) is 19.9 Å². The fraction of sp³-hybridized carbons (Fsp3) is 0.222. The lowest BCUT2D eigenvalue weighted by Gasteiger charge is -2.09. The fourth-order valence-corrected chi connectivity index (χ4v) is 1.79. The third kappa shape index (κ3) is 2.13. The molecule has 0 radical (unpaired) electrons.